The van der Waals surface area contributed by atoms with Gasteiger partial charge < -0.3 is 10.6 Å². The average Bonchev–Trinajstić information content (AvgIpc) is 2.39. The second-order valence-electron chi connectivity index (χ2n) is 4.87. The number of nitrogens with one attached hydrogen (secondary N) is 2. The summed E-state index contributed by atoms with van der Waals surface area (Å²) in [5.74, 6) is 0. The molecule has 0 atom stereocenters. The van der Waals surface area contributed by atoms with Crippen LogP contribution in [0, 0.1) is 0 Å². The second-order valence-corrected chi connectivity index (χ2v) is 4.87. The summed E-state index contributed by atoms with van der Waals surface area (Å²) >= 11 is 0. The molecule has 0 spiro atoms. The minimum Gasteiger partial charge on any atom is -0.385 e. The van der Waals surface area contributed by atoms with Crippen LogP contribution < -0.4 is 10.6 Å². The first kappa shape index (κ1) is 12.4. The Morgan fingerprint density at radius 2 is 2.24 bits per heavy atom. The lowest BCUT2D eigenvalue weighted by atomic mass is 9.99. The molecule has 17 heavy (non-hydrogen) atoms. The van der Waals surface area contributed by atoms with E-state index in [1.165, 1.54) is 48.9 Å². The normalized spacial score (nSPS) is 14.2. The van der Waals surface area contributed by atoms with Crippen LogP contribution >= 0.6 is 0 Å². The molecule has 0 unspecified atom stereocenters. The Morgan fingerprint density at radius 1 is 1.29 bits per heavy atom. The van der Waals surface area contributed by atoms with Crippen LogP contribution in [0.5, 0.6) is 0 Å². The smallest absolute Gasteiger partial charge is 0.0418 e. The predicted octanol–water partition coefficient (Wildman–Crippen LogP) is 3.32. The van der Waals surface area contributed by atoms with Crippen LogP contribution in [0.1, 0.15) is 43.7 Å². The van der Waals surface area contributed by atoms with E-state index >= 15 is 0 Å². The van der Waals surface area contributed by atoms with E-state index in [0.29, 0.717) is 0 Å². The van der Waals surface area contributed by atoms with E-state index < -0.39 is 0 Å². The molecule has 0 bridgehead atoms. The number of hydrogen-bond acceptors (Lipinski definition) is 2. The number of fused-ring (bicyclic) bond motifs is 1. The van der Waals surface area contributed by atoms with Crippen LogP contribution in [0.25, 0.3) is 0 Å². The molecule has 2 N–H and O–H groups in total. The van der Waals surface area contributed by atoms with Crippen LogP contribution in [0.2, 0.25) is 0 Å². The Hall–Kier alpha value is -1.02. The molecule has 94 valence electrons. The molecule has 1 heterocycles. The largest absolute Gasteiger partial charge is 0.385 e. The lowest BCUT2D eigenvalue weighted by Crippen LogP contribution is -2.19. The number of rotatable bonds is 6. The number of anilines is 1. The van der Waals surface area contributed by atoms with Gasteiger partial charge in [-0.25, -0.2) is 0 Å². The first-order valence-electron chi connectivity index (χ1n) is 6.97. The van der Waals surface area contributed by atoms with Gasteiger partial charge >= 0.3 is 0 Å². The standard InChI is InChI=1S/C15H24N2/c1-2-3-4-10-16-12-14-8-5-7-13-9-6-11-17-15(13)14/h5,7-8,16-17H,2-4,6,9-12H2,1H3. The number of unbranched alkanes of at least 4 members (excludes halogenated alkanes) is 2. The topological polar surface area (TPSA) is 24.1 Å². The van der Waals surface area contributed by atoms with Crippen molar-refractivity contribution in [2.75, 3.05) is 18.4 Å². The first-order chi connectivity index (χ1) is 8.42. The fraction of sp³-hybridized carbons (Fsp3) is 0.600. The van der Waals surface area contributed by atoms with Crippen LogP contribution in [-0.2, 0) is 13.0 Å². The zero-order valence-corrected chi connectivity index (χ0v) is 10.9. The van der Waals surface area contributed by atoms with Crippen molar-refractivity contribution >= 4 is 5.69 Å². The van der Waals surface area contributed by atoms with E-state index in [9.17, 15) is 0 Å². The maximum absolute atomic E-state index is 3.55. The van der Waals surface area contributed by atoms with E-state index in [1.54, 1.807) is 0 Å². The van der Waals surface area contributed by atoms with Gasteiger partial charge in [-0.2, -0.15) is 0 Å². The molecule has 0 amide bonds. The highest BCUT2D eigenvalue weighted by molar-refractivity contribution is 5.59. The van der Waals surface area contributed by atoms with E-state index in [0.717, 1.165) is 19.6 Å². The Labute approximate surface area is 105 Å². The van der Waals surface area contributed by atoms with Gasteiger partial charge in [-0.05, 0) is 36.9 Å². The summed E-state index contributed by atoms with van der Waals surface area (Å²) in [6.45, 7) is 5.51. The molecule has 0 saturated carbocycles. The van der Waals surface area contributed by atoms with E-state index in [-0.39, 0.29) is 0 Å². The summed E-state index contributed by atoms with van der Waals surface area (Å²) in [5.41, 5.74) is 4.31. The Morgan fingerprint density at radius 3 is 3.12 bits per heavy atom. The van der Waals surface area contributed by atoms with Crippen molar-refractivity contribution < 1.29 is 0 Å². The minimum absolute atomic E-state index is 1.000. The van der Waals surface area contributed by atoms with Crippen LogP contribution in [0.15, 0.2) is 18.2 Å². The zero-order valence-electron chi connectivity index (χ0n) is 10.9. The minimum atomic E-state index is 1.000. The van der Waals surface area contributed by atoms with Gasteiger partial charge in [0.1, 0.15) is 0 Å². The third-order valence-corrected chi connectivity index (χ3v) is 3.43. The van der Waals surface area contributed by atoms with Crippen LogP contribution in [0.3, 0.4) is 0 Å². The lowest BCUT2D eigenvalue weighted by molar-refractivity contribution is 0.616. The van der Waals surface area contributed by atoms with Crippen molar-refractivity contribution in [3.05, 3.63) is 29.3 Å². The first-order valence-corrected chi connectivity index (χ1v) is 6.97. The third kappa shape index (κ3) is 3.47. The number of benzene rings is 1. The highest BCUT2D eigenvalue weighted by atomic mass is 14.9. The third-order valence-electron chi connectivity index (χ3n) is 3.43. The highest BCUT2D eigenvalue weighted by Gasteiger charge is 2.11. The van der Waals surface area contributed by atoms with Crippen molar-refractivity contribution in [2.24, 2.45) is 0 Å². The molecule has 1 aliphatic heterocycles. The van der Waals surface area contributed by atoms with E-state index in [2.05, 4.69) is 35.8 Å². The van der Waals surface area contributed by atoms with Gasteiger partial charge in [0, 0.05) is 18.8 Å². The molecule has 0 radical (unpaired) electrons. The highest BCUT2D eigenvalue weighted by Crippen LogP contribution is 2.25. The van der Waals surface area contributed by atoms with Gasteiger partial charge in [-0.1, -0.05) is 38.0 Å². The molecule has 2 rings (SSSR count). The van der Waals surface area contributed by atoms with Gasteiger partial charge in [0.15, 0.2) is 0 Å². The molecule has 1 aromatic carbocycles. The molecule has 1 aliphatic rings. The molecular weight excluding hydrogens is 208 g/mol. The van der Waals surface area contributed by atoms with Crippen molar-refractivity contribution in [1.82, 2.24) is 5.32 Å². The van der Waals surface area contributed by atoms with Gasteiger partial charge in [-0.3, -0.25) is 0 Å². The summed E-state index contributed by atoms with van der Waals surface area (Å²) in [7, 11) is 0. The second kappa shape index (κ2) is 6.65. The fourth-order valence-corrected chi connectivity index (χ4v) is 2.45. The maximum Gasteiger partial charge on any atom is 0.0418 e. The number of aryl methyl sites for hydroxylation is 1. The molecule has 0 saturated heterocycles. The molecule has 0 fully saturated rings. The molecule has 0 aliphatic carbocycles. The lowest BCUT2D eigenvalue weighted by Gasteiger charge is -2.21. The van der Waals surface area contributed by atoms with Gasteiger partial charge in [-0.15, -0.1) is 0 Å². The van der Waals surface area contributed by atoms with Crippen molar-refractivity contribution in [1.29, 1.82) is 0 Å². The fourth-order valence-electron chi connectivity index (χ4n) is 2.45. The number of para-hydroxylation sites is 1. The van der Waals surface area contributed by atoms with Gasteiger partial charge in [0.25, 0.3) is 0 Å². The zero-order chi connectivity index (χ0) is 11.9. The predicted molar refractivity (Wildman–Crippen MR) is 74.5 cm³/mol. The van der Waals surface area contributed by atoms with Crippen LogP contribution in [0.4, 0.5) is 5.69 Å². The monoisotopic (exact) mass is 232 g/mol. The molecule has 0 aromatic heterocycles. The van der Waals surface area contributed by atoms with Gasteiger partial charge in [0.2, 0.25) is 0 Å². The SMILES string of the molecule is CCCCCNCc1cccc2c1NCCC2. The van der Waals surface area contributed by atoms with E-state index in [4.69, 9.17) is 0 Å². The Kier molecular flexibility index (Phi) is 4.87. The average molecular weight is 232 g/mol. The summed E-state index contributed by atoms with van der Waals surface area (Å²) in [6, 6.07) is 6.68. The summed E-state index contributed by atoms with van der Waals surface area (Å²) < 4.78 is 0. The van der Waals surface area contributed by atoms with E-state index in [1.807, 2.05) is 0 Å². The maximum atomic E-state index is 3.55. The summed E-state index contributed by atoms with van der Waals surface area (Å²) in [5, 5.41) is 7.09. The summed E-state index contributed by atoms with van der Waals surface area (Å²) in [6.07, 6.45) is 6.41. The summed E-state index contributed by atoms with van der Waals surface area (Å²) in [4.78, 5) is 0. The Balaban J connectivity index is 1.87. The Bertz CT molecular complexity index is 347. The number of hydrogen-bond donors (Lipinski definition) is 2. The van der Waals surface area contributed by atoms with Crippen molar-refractivity contribution in [2.45, 2.75) is 45.6 Å². The molecule has 2 nitrogen and oxygen atoms in total. The van der Waals surface area contributed by atoms with Crippen LogP contribution in [-0.4, -0.2) is 13.1 Å². The molecule has 2 heteroatoms. The molecule has 1 aromatic rings. The van der Waals surface area contributed by atoms with Gasteiger partial charge in [0.05, 0.1) is 0 Å². The van der Waals surface area contributed by atoms with Crippen molar-refractivity contribution in [3.63, 3.8) is 0 Å². The van der Waals surface area contributed by atoms with Crippen molar-refractivity contribution in [3.8, 4) is 0 Å². The quantitative estimate of drug-likeness (QED) is 0.735. The molecular formula is C15H24N2.